The Morgan fingerprint density at radius 1 is 0.906 bits per heavy atom. The minimum atomic E-state index is -0.686. The summed E-state index contributed by atoms with van der Waals surface area (Å²) in [5.74, 6) is -1.65. The maximum Gasteiger partial charge on any atom is 0.336 e. The van der Waals surface area contributed by atoms with Gasteiger partial charge in [-0.2, -0.15) is 0 Å². The molecule has 1 aliphatic heterocycles. The fourth-order valence-electron chi connectivity index (χ4n) is 3.98. The maximum absolute atomic E-state index is 13.1. The molecule has 0 spiro atoms. The molecule has 8 heteroatoms. The molecule has 1 aromatic rings. The highest BCUT2D eigenvalue weighted by molar-refractivity contribution is 6.31. The zero-order valence-corrected chi connectivity index (χ0v) is 20.8. The summed E-state index contributed by atoms with van der Waals surface area (Å²) in [6.45, 7) is 1.45. The van der Waals surface area contributed by atoms with Crippen molar-refractivity contribution in [2.75, 3.05) is 62.5 Å². The predicted molar refractivity (Wildman–Crippen MR) is 126 cm³/mol. The Kier molecular flexibility index (Phi) is 9.31. The maximum atomic E-state index is 13.1. The lowest BCUT2D eigenvalue weighted by atomic mass is 9.78. The monoisotopic (exact) mass is 463 g/mol. The molecule has 0 aromatic heterocycles. The van der Waals surface area contributed by atoms with Crippen LogP contribution < -0.4 is 0 Å². The van der Waals surface area contributed by atoms with Crippen LogP contribution in [0.2, 0.25) is 5.02 Å². The summed E-state index contributed by atoms with van der Waals surface area (Å²) in [5, 5.41) is 0.476. The molecule has 1 heterocycles. The minimum Gasteiger partial charge on any atom is -0.466 e. The molecule has 0 fully saturated rings. The van der Waals surface area contributed by atoms with Crippen LogP contribution in [0, 0.1) is 0 Å². The van der Waals surface area contributed by atoms with E-state index < -0.39 is 17.9 Å². The molecule has 2 rings (SSSR count). The molecule has 0 radical (unpaired) electrons. The third-order valence-electron chi connectivity index (χ3n) is 5.63. The molecular weight excluding hydrogens is 430 g/mol. The van der Waals surface area contributed by atoms with Crippen molar-refractivity contribution in [2.24, 2.45) is 0 Å². The van der Waals surface area contributed by atoms with E-state index in [4.69, 9.17) is 21.1 Å². The van der Waals surface area contributed by atoms with Gasteiger partial charge < -0.3 is 24.2 Å². The molecular formula is C24H34ClN3O4. The molecule has 0 aliphatic carbocycles. The van der Waals surface area contributed by atoms with Crippen LogP contribution in [0.1, 0.15) is 24.3 Å². The molecule has 1 aliphatic rings. The predicted octanol–water partition coefficient (Wildman–Crippen LogP) is 3.13. The first-order valence-corrected chi connectivity index (χ1v) is 10.9. The second-order valence-electron chi connectivity index (χ2n) is 8.32. The summed E-state index contributed by atoms with van der Waals surface area (Å²) >= 11 is 6.59. The van der Waals surface area contributed by atoms with E-state index in [1.165, 1.54) is 14.2 Å². The Morgan fingerprint density at radius 2 is 1.34 bits per heavy atom. The Morgan fingerprint density at radius 3 is 1.72 bits per heavy atom. The summed E-state index contributed by atoms with van der Waals surface area (Å²) in [6.07, 6.45) is 1.21. The van der Waals surface area contributed by atoms with Crippen molar-refractivity contribution in [1.29, 1.82) is 0 Å². The molecule has 0 unspecified atom stereocenters. The van der Waals surface area contributed by atoms with Gasteiger partial charge in [0.1, 0.15) is 0 Å². The lowest BCUT2D eigenvalue weighted by Crippen LogP contribution is -2.36. The smallest absolute Gasteiger partial charge is 0.336 e. The molecule has 0 amide bonds. The van der Waals surface area contributed by atoms with Crippen molar-refractivity contribution in [3.8, 4) is 0 Å². The standard InChI is InChI=1S/C24H34ClN3O4/c1-26(2)14-12-18-21(23(29)31-6)20(16-10-8-9-11-17(16)25)22(24(30)32-7)19(28(18)5)13-15-27(3)4/h8-11,20H,12-15H2,1-7H3. The largest absolute Gasteiger partial charge is 0.466 e. The number of ether oxygens (including phenoxy) is 2. The van der Waals surface area contributed by atoms with Crippen molar-refractivity contribution >= 4 is 23.5 Å². The average molecular weight is 464 g/mol. The number of carbonyl (C=O) groups excluding carboxylic acids is 2. The number of rotatable bonds is 9. The second kappa shape index (κ2) is 11.5. The van der Waals surface area contributed by atoms with Crippen LogP contribution in [0.5, 0.6) is 0 Å². The molecule has 0 bridgehead atoms. The zero-order chi connectivity index (χ0) is 24.0. The van der Waals surface area contributed by atoms with Crippen LogP contribution in [0.15, 0.2) is 46.8 Å². The Balaban J connectivity index is 2.86. The number of esters is 2. The van der Waals surface area contributed by atoms with E-state index in [0.717, 1.165) is 24.5 Å². The minimum absolute atomic E-state index is 0.416. The summed E-state index contributed by atoms with van der Waals surface area (Å²) < 4.78 is 10.4. The fourth-order valence-corrected chi connectivity index (χ4v) is 4.22. The van der Waals surface area contributed by atoms with E-state index in [1.54, 1.807) is 6.07 Å². The zero-order valence-electron chi connectivity index (χ0n) is 20.1. The number of benzene rings is 1. The van der Waals surface area contributed by atoms with Gasteiger partial charge in [-0.05, 0) is 39.8 Å². The lowest BCUT2D eigenvalue weighted by molar-refractivity contribution is -0.137. The topological polar surface area (TPSA) is 62.3 Å². The van der Waals surface area contributed by atoms with Gasteiger partial charge in [0.15, 0.2) is 0 Å². The highest BCUT2D eigenvalue weighted by Gasteiger charge is 2.42. The van der Waals surface area contributed by atoms with Crippen molar-refractivity contribution in [3.05, 3.63) is 57.4 Å². The highest BCUT2D eigenvalue weighted by Crippen LogP contribution is 2.45. The van der Waals surface area contributed by atoms with Crippen molar-refractivity contribution in [1.82, 2.24) is 14.7 Å². The van der Waals surface area contributed by atoms with E-state index >= 15 is 0 Å². The van der Waals surface area contributed by atoms with E-state index in [0.29, 0.717) is 34.6 Å². The van der Waals surface area contributed by atoms with Crippen molar-refractivity contribution in [2.45, 2.75) is 18.8 Å². The quantitative estimate of drug-likeness (QED) is 0.521. The first kappa shape index (κ1) is 25.9. The number of methoxy groups -OCH3 is 2. The number of halogens is 1. The Bertz CT molecular complexity index is 858. The van der Waals surface area contributed by atoms with Gasteiger partial charge >= 0.3 is 11.9 Å². The molecule has 176 valence electrons. The lowest BCUT2D eigenvalue weighted by Gasteiger charge is -2.39. The molecule has 0 saturated heterocycles. The number of nitrogens with zero attached hydrogens (tertiary/aromatic N) is 3. The van der Waals surface area contributed by atoms with E-state index in [-0.39, 0.29) is 0 Å². The van der Waals surface area contributed by atoms with Gasteiger partial charge in [-0.25, -0.2) is 9.59 Å². The third-order valence-corrected chi connectivity index (χ3v) is 5.97. The average Bonchev–Trinajstić information content (AvgIpc) is 2.75. The van der Waals surface area contributed by atoms with E-state index in [1.807, 2.05) is 58.3 Å². The van der Waals surface area contributed by atoms with Crippen LogP contribution in [0.4, 0.5) is 0 Å². The summed E-state index contributed by atoms with van der Waals surface area (Å²) in [6, 6.07) is 7.28. The van der Waals surface area contributed by atoms with Crippen LogP contribution in [-0.4, -0.2) is 89.2 Å². The van der Waals surface area contributed by atoms with Gasteiger partial charge in [-0.15, -0.1) is 0 Å². The van der Waals surface area contributed by atoms with Gasteiger partial charge in [0, 0.05) is 49.4 Å². The molecule has 1 aromatic carbocycles. The normalized spacial score (nSPS) is 15.1. The van der Waals surface area contributed by atoms with Crippen LogP contribution in [-0.2, 0) is 19.1 Å². The van der Waals surface area contributed by atoms with E-state index in [2.05, 4.69) is 9.80 Å². The second-order valence-corrected chi connectivity index (χ2v) is 8.73. The number of hydrogen-bond acceptors (Lipinski definition) is 7. The molecule has 0 atom stereocenters. The van der Waals surface area contributed by atoms with Gasteiger partial charge in [0.25, 0.3) is 0 Å². The summed E-state index contributed by atoms with van der Waals surface area (Å²) in [5.41, 5.74) is 3.14. The van der Waals surface area contributed by atoms with Crippen molar-refractivity contribution < 1.29 is 19.1 Å². The number of carbonyl (C=O) groups is 2. The molecule has 0 saturated carbocycles. The van der Waals surface area contributed by atoms with Gasteiger partial charge in [0.2, 0.25) is 0 Å². The Labute approximate surface area is 196 Å². The number of hydrogen-bond donors (Lipinski definition) is 0. The fraction of sp³-hybridized carbons (Fsp3) is 0.500. The van der Waals surface area contributed by atoms with E-state index in [9.17, 15) is 9.59 Å². The Hall–Kier alpha value is -2.35. The SMILES string of the molecule is COC(=O)C1=C(CCN(C)C)N(C)C(CCN(C)C)=C(C(=O)OC)C1c1ccccc1Cl. The first-order chi connectivity index (χ1) is 15.1. The van der Waals surface area contributed by atoms with Crippen molar-refractivity contribution in [3.63, 3.8) is 0 Å². The first-order valence-electron chi connectivity index (χ1n) is 10.5. The van der Waals surface area contributed by atoms with Crippen LogP contribution in [0.3, 0.4) is 0 Å². The molecule has 7 nitrogen and oxygen atoms in total. The molecule has 32 heavy (non-hydrogen) atoms. The summed E-state index contributed by atoms with van der Waals surface area (Å²) in [4.78, 5) is 32.4. The summed E-state index contributed by atoms with van der Waals surface area (Å²) in [7, 11) is 12.5. The van der Waals surface area contributed by atoms with Gasteiger partial charge in [0.05, 0.1) is 31.3 Å². The molecule has 0 N–H and O–H groups in total. The van der Waals surface area contributed by atoms with Gasteiger partial charge in [-0.3, -0.25) is 0 Å². The van der Waals surface area contributed by atoms with Crippen LogP contribution in [0.25, 0.3) is 0 Å². The van der Waals surface area contributed by atoms with Crippen LogP contribution >= 0.6 is 11.6 Å². The highest BCUT2D eigenvalue weighted by atomic mass is 35.5. The van der Waals surface area contributed by atoms with Gasteiger partial charge in [-0.1, -0.05) is 29.8 Å². The third kappa shape index (κ3) is 5.71.